The number of halogens is 4. The van der Waals surface area contributed by atoms with Crippen LogP contribution in [0, 0.1) is 29.4 Å². The molecule has 2 fully saturated rings. The van der Waals surface area contributed by atoms with Crippen molar-refractivity contribution >= 4 is 5.97 Å². The molecule has 3 nitrogen and oxygen atoms in total. The van der Waals surface area contributed by atoms with Gasteiger partial charge in [-0.2, -0.15) is 8.78 Å². The number of benzene rings is 2. The summed E-state index contributed by atoms with van der Waals surface area (Å²) >= 11 is 0. The molecule has 0 heterocycles. The molecule has 182 valence electrons. The van der Waals surface area contributed by atoms with Crippen LogP contribution >= 0.6 is 0 Å². The fraction of sp³-hybridized carbons (Fsp3) is 0.444. The van der Waals surface area contributed by atoms with Crippen LogP contribution in [0.3, 0.4) is 0 Å². The van der Waals surface area contributed by atoms with Gasteiger partial charge >= 0.3 is 12.6 Å². The van der Waals surface area contributed by atoms with Gasteiger partial charge in [-0.3, -0.25) is 0 Å². The van der Waals surface area contributed by atoms with Crippen LogP contribution in [0.2, 0.25) is 0 Å². The normalized spacial score (nSPS) is 24.8. The lowest BCUT2D eigenvalue weighted by molar-refractivity contribution is -0.0547. The van der Waals surface area contributed by atoms with Crippen molar-refractivity contribution in [2.75, 3.05) is 0 Å². The molecule has 2 saturated carbocycles. The summed E-state index contributed by atoms with van der Waals surface area (Å²) in [6, 6.07) is 8.38. The number of alkyl halides is 2. The zero-order chi connectivity index (χ0) is 24.2. The third-order valence-electron chi connectivity index (χ3n) is 7.13. The van der Waals surface area contributed by atoms with E-state index in [0.29, 0.717) is 24.0 Å². The maximum Gasteiger partial charge on any atom is 0.387 e. The molecule has 0 saturated heterocycles. The average Bonchev–Trinajstić information content (AvgIpc) is 2.81. The van der Waals surface area contributed by atoms with Crippen molar-refractivity contribution in [2.24, 2.45) is 17.8 Å². The van der Waals surface area contributed by atoms with Crippen molar-refractivity contribution in [3.05, 3.63) is 71.3 Å². The number of rotatable bonds is 6. The molecule has 0 spiro atoms. The van der Waals surface area contributed by atoms with E-state index in [1.165, 1.54) is 31.2 Å². The third-order valence-corrected chi connectivity index (χ3v) is 7.13. The molecule has 0 aromatic heterocycles. The summed E-state index contributed by atoms with van der Waals surface area (Å²) in [6.07, 6.45) is 11.8. The Labute approximate surface area is 196 Å². The van der Waals surface area contributed by atoms with Gasteiger partial charge in [-0.25, -0.2) is 13.6 Å². The Morgan fingerprint density at radius 3 is 2.26 bits per heavy atom. The van der Waals surface area contributed by atoms with E-state index in [2.05, 4.69) is 23.8 Å². The molecule has 2 aliphatic rings. The average molecular weight is 477 g/mol. The summed E-state index contributed by atoms with van der Waals surface area (Å²) in [4.78, 5) is 12.4. The van der Waals surface area contributed by atoms with E-state index in [-0.39, 0.29) is 5.56 Å². The van der Waals surface area contributed by atoms with Crippen LogP contribution in [0.5, 0.6) is 11.5 Å². The number of carbonyl (C=O) groups is 1. The number of allylic oxidation sites excluding steroid dienone is 2. The van der Waals surface area contributed by atoms with Crippen LogP contribution in [0.25, 0.3) is 0 Å². The summed E-state index contributed by atoms with van der Waals surface area (Å²) in [5, 5.41) is 0. The van der Waals surface area contributed by atoms with Crippen molar-refractivity contribution < 1.29 is 31.8 Å². The molecular formula is C27H28F4O3. The molecule has 0 N–H and O–H groups in total. The van der Waals surface area contributed by atoms with Crippen LogP contribution in [0.4, 0.5) is 17.6 Å². The monoisotopic (exact) mass is 476 g/mol. The lowest BCUT2D eigenvalue weighted by Gasteiger charge is -2.41. The first kappa shape index (κ1) is 24.3. The van der Waals surface area contributed by atoms with Gasteiger partial charge in [0.05, 0.1) is 5.56 Å². The first-order chi connectivity index (χ1) is 16.3. The first-order valence-electron chi connectivity index (χ1n) is 11.7. The van der Waals surface area contributed by atoms with Gasteiger partial charge in [-0.1, -0.05) is 24.3 Å². The number of hydrogen-bond acceptors (Lipinski definition) is 3. The minimum Gasteiger partial charge on any atom is -0.429 e. The molecule has 7 heteroatoms. The highest BCUT2D eigenvalue weighted by Crippen LogP contribution is 2.47. The van der Waals surface area contributed by atoms with E-state index < -0.39 is 35.7 Å². The molecule has 2 aliphatic carbocycles. The highest BCUT2D eigenvalue weighted by Gasteiger charge is 2.35. The maximum absolute atomic E-state index is 13.9. The lowest BCUT2D eigenvalue weighted by atomic mass is 9.64. The second-order valence-electron chi connectivity index (χ2n) is 9.24. The topological polar surface area (TPSA) is 35.5 Å². The summed E-state index contributed by atoms with van der Waals surface area (Å²) in [5.74, 6) is -2.51. The summed E-state index contributed by atoms with van der Waals surface area (Å²) in [5.41, 5.74) is 1.41. The molecule has 0 bridgehead atoms. The van der Waals surface area contributed by atoms with Crippen LogP contribution in [0.15, 0.2) is 48.6 Å². The van der Waals surface area contributed by atoms with Crippen molar-refractivity contribution in [3.63, 3.8) is 0 Å². The Bertz CT molecular complexity index is 1010. The van der Waals surface area contributed by atoms with Crippen LogP contribution in [0.1, 0.15) is 67.3 Å². The number of esters is 1. The van der Waals surface area contributed by atoms with Crippen molar-refractivity contribution in [2.45, 2.75) is 58.0 Å². The highest BCUT2D eigenvalue weighted by atomic mass is 19.3. The molecule has 4 rings (SSSR count). The summed E-state index contributed by atoms with van der Waals surface area (Å²) < 4.78 is 61.1. The fourth-order valence-electron chi connectivity index (χ4n) is 5.53. The number of fused-ring (bicyclic) bond motifs is 1. The molecule has 2 aromatic carbocycles. The SMILES string of the molecule is C/C=C/C1CCC2CC(c3ccc(C(=O)Oc4cc(F)c(OC(F)F)c(F)c4)cc3)CCC2C1. The molecular weight excluding hydrogens is 448 g/mol. The van der Waals surface area contributed by atoms with Crippen molar-refractivity contribution in [1.29, 1.82) is 0 Å². The van der Waals surface area contributed by atoms with Crippen LogP contribution in [-0.4, -0.2) is 12.6 Å². The Balaban J connectivity index is 1.37. The van der Waals surface area contributed by atoms with E-state index in [4.69, 9.17) is 4.74 Å². The van der Waals surface area contributed by atoms with E-state index in [1.807, 2.05) is 12.1 Å². The zero-order valence-corrected chi connectivity index (χ0v) is 19.0. The van der Waals surface area contributed by atoms with Crippen molar-refractivity contribution in [1.82, 2.24) is 0 Å². The minimum absolute atomic E-state index is 0.234. The fourth-order valence-corrected chi connectivity index (χ4v) is 5.53. The Hall–Kier alpha value is -2.83. The van der Waals surface area contributed by atoms with E-state index in [0.717, 1.165) is 24.7 Å². The first-order valence-corrected chi connectivity index (χ1v) is 11.7. The molecule has 34 heavy (non-hydrogen) atoms. The van der Waals surface area contributed by atoms with Gasteiger partial charge < -0.3 is 9.47 Å². The van der Waals surface area contributed by atoms with Crippen LogP contribution < -0.4 is 9.47 Å². The van der Waals surface area contributed by atoms with Gasteiger partial charge in [0.15, 0.2) is 17.4 Å². The Morgan fingerprint density at radius 1 is 0.971 bits per heavy atom. The van der Waals surface area contributed by atoms with Crippen LogP contribution in [-0.2, 0) is 0 Å². The van der Waals surface area contributed by atoms with Gasteiger partial charge in [-0.05, 0) is 86.8 Å². The molecule has 2 aromatic rings. The smallest absolute Gasteiger partial charge is 0.387 e. The van der Waals surface area contributed by atoms with E-state index in [9.17, 15) is 22.4 Å². The van der Waals surface area contributed by atoms with Gasteiger partial charge in [0.2, 0.25) is 0 Å². The van der Waals surface area contributed by atoms with Gasteiger partial charge in [0.25, 0.3) is 0 Å². The second-order valence-corrected chi connectivity index (χ2v) is 9.24. The second kappa shape index (κ2) is 10.6. The lowest BCUT2D eigenvalue weighted by Crippen LogP contribution is -2.30. The Morgan fingerprint density at radius 2 is 1.62 bits per heavy atom. The Kier molecular flexibility index (Phi) is 7.59. The summed E-state index contributed by atoms with van der Waals surface area (Å²) in [7, 11) is 0. The third kappa shape index (κ3) is 5.62. The zero-order valence-electron chi connectivity index (χ0n) is 19.0. The predicted molar refractivity (Wildman–Crippen MR) is 120 cm³/mol. The molecule has 4 atom stereocenters. The predicted octanol–water partition coefficient (Wildman–Crippen LogP) is 7.66. The number of hydrogen-bond donors (Lipinski definition) is 0. The number of carbonyl (C=O) groups excluding carboxylic acids is 1. The summed E-state index contributed by atoms with van der Waals surface area (Å²) in [6.45, 7) is -1.29. The van der Waals surface area contributed by atoms with Gasteiger partial charge in [0, 0.05) is 12.1 Å². The van der Waals surface area contributed by atoms with Gasteiger partial charge in [-0.15, -0.1) is 0 Å². The highest BCUT2D eigenvalue weighted by molar-refractivity contribution is 5.91. The molecule has 0 radical (unpaired) electrons. The molecule has 0 amide bonds. The van der Waals surface area contributed by atoms with E-state index >= 15 is 0 Å². The molecule has 0 aliphatic heterocycles. The maximum atomic E-state index is 13.9. The van der Waals surface area contributed by atoms with Gasteiger partial charge in [0.1, 0.15) is 5.75 Å². The van der Waals surface area contributed by atoms with Crippen molar-refractivity contribution in [3.8, 4) is 11.5 Å². The minimum atomic E-state index is -3.38. The number of ether oxygens (including phenoxy) is 2. The van der Waals surface area contributed by atoms with E-state index in [1.54, 1.807) is 12.1 Å². The molecule has 4 unspecified atom stereocenters. The largest absolute Gasteiger partial charge is 0.429 e. The standard InChI is InChI=1S/C27H28F4O3/c1-2-3-16-4-5-21-13-20(11-10-19(21)12-16)17-6-8-18(9-7-17)26(32)33-22-14-23(28)25(24(29)15-22)34-27(30)31/h2-3,6-9,14-16,19-21,27H,4-5,10-13H2,1H3/b3-2+. The quantitative estimate of drug-likeness (QED) is 0.186.